The summed E-state index contributed by atoms with van der Waals surface area (Å²) in [5, 5.41) is 5.73. The van der Waals surface area contributed by atoms with Gasteiger partial charge < -0.3 is 10.6 Å². The van der Waals surface area contributed by atoms with Crippen LogP contribution in [0.4, 0.5) is 0 Å². The molecule has 0 aliphatic heterocycles. The summed E-state index contributed by atoms with van der Waals surface area (Å²) in [7, 11) is 0. The fraction of sp³-hybridized carbons (Fsp3) is 0.250. The minimum Gasteiger partial charge on any atom is -0.354 e. The van der Waals surface area contributed by atoms with Crippen LogP contribution in [0.3, 0.4) is 0 Å². The van der Waals surface area contributed by atoms with Crippen molar-refractivity contribution in [3.05, 3.63) is 69.2 Å². The van der Waals surface area contributed by atoms with Crippen LogP contribution in [0.15, 0.2) is 53.0 Å². The molecule has 0 heterocycles. The van der Waals surface area contributed by atoms with Crippen LogP contribution in [0, 0.1) is 0 Å². The third-order valence-electron chi connectivity index (χ3n) is 3.86. The van der Waals surface area contributed by atoms with Crippen LogP contribution in [0.5, 0.6) is 0 Å². The van der Waals surface area contributed by atoms with E-state index in [2.05, 4.69) is 26.6 Å². The lowest BCUT2D eigenvalue weighted by Crippen LogP contribution is -2.51. The zero-order valence-corrected chi connectivity index (χ0v) is 17.1. The van der Waals surface area contributed by atoms with E-state index in [4.69, 9.17) is 11.6 Å². The third-order valence-corrected chi connectivity index (χ3v) is 4.65. The molecule has 142 valence electrons. The van der Waals surface area contributed by atoms with E-state index in [9.17, 15) is 14.4 Å². The summed E-state index contributed by atoms with van der Waals surface area (Å²) in [6, 6.07) is 11.5. The van der Waals surface area contributed by atoms with Gasteiger partial charge in [-0.3, -0.25) is 14.4 Å². The SMILES string of the molecule is CCCCNC(=O)C(NC(=O)c1ccc(Br)cc1)C(=O)c1ccc(Cl)cc1. The van der Waals surface area contributed by atoms with Crippen LogP contribution in [-0.4, -0.2) is 30.2 Å². The Labute approximate surface area is 171 Å². The van der Waals surface area contributed by atoms with Gasteiger partial charge in [0, 0.05) is 27.2 Å². The fourth-order valence-electron chi connectivity index (χ4n) is 2.34. The van der Waals surface area contributed by atoms with Crippen molar-refractivity contribution in [2.24, 2.45) is 0 Å². The van der Waals surface area contributed by atoms with Gasteiger partial charge in [0.25, 0.3) is 11.8 Å². The maximum atomic E-state index is 12.8. The molecule has 0 aromatic heterocycles. The van der Waals surface area contributed by atoms with Crippen molar-refractivity contribution >= 4 is 45.1 Å². The average molecular weight is 452 g/mol. The first-order valence-corrected chi connectivity index (χ1v) is 9.73. The van der Waals surface area contributed by atoms with E-state index in [-0.39, 0.29) is 0 Å². The van der Waals surface area contributed by atoms with Crippen LogP contribution < -0.4 is 10.6 Å². The van der Waals surface area contributed by atoms with Crippen LogP contribution in [0.1, 0.15) is 40.5 Å². The summed E-state index contributed by atoms with van der Waals surface area (Å²) in [5.74, 6) is -1.53. The maximum Gasteiger partial charge on any atom is 0.252 e. The molecule has 1 atom stereocenters. The summed E-state index contributed by atoms with van der Waals surface area (Å²) >= 11 is 9.16. The molecule has 0 aliphatic rings. The summed E-state index contributed by atoms with van der Waals surface area (Å²) in [4.78, 5) is 37.9. The first-order chi connectivity index (χ1) is 12.9. The zero-order chi connectivity index (χ0) is 19.8. The van der Waals surface area contributed by atoms with E-state index in [1.165, 1.54) is 12.1 Å². The molecule has 0 radical (unpaired) electrons. The van der Waals surface area contributed by atoms with E-state index in [1.807, 2.05) is 6.92 Å². The molecule has 2 amide bonds. The van der Waals surface area contributed by atoms with Gasteiger partial charge in [-0.1, -0.05) is 40.9 Å². The largest absolute Gasteiger partial charge is 0.354 e. The molecular weight excluding hydrogens is 432 g/mol. The number of unbranched alkanes of at least 4 members (excludes halogenated alkanes) is 1. The first-order valence-electron chi connectivity index (χ1n) is 8.56. The molecule has 2 aromatic rings. The number of benzene rings is 2. The second kappa shape index (κ2) is 10.2. The Morgan fingerprint density at radius 3 is 2.19 bits per heavy atom. The predicted octanol–water partition coefficient (Wildman–Crippen LogP) is 4.00. The Hall–Kier alpha value is -2.18. The van der Waals surface area contributed by atoms with Crippen molar-refractivity contribution in [3.63, 3.8) is 0 Å². The monoisotopic (exact) mass is 450 g/mol. The van der Waals surface area contributed by atoms with Gasteiger partial charge in [0.2, 0.25) is 0 Å². The molecule has 0 spiro atoms. The number of halogens is 2. The molecule has 5 nitrogen and oxygen atoms in total. The van der Waals surface area contributed by atoms with Crippen molar-refractivity contribution in [2.45, 2.75) is 25.8 Å². The molecule has 2 aromatic carbocycles. The molecular formula is C20H20BrClN2O3. The van der Waals surface area contributed by atoms with Crippen molar-refractivity contribution in [2.75, 3.05) is 6.54 Å². The summed E-state index contributed by atoms with van der Waals surface area (Å²) in [6.45, 7) is 2.44. The maximum absolute atomic E-state index is 12.8. The highest BCUT2D eigenvalue weighted by Crippen LogP contribution is 2.13. The zero-order valence-electron chi connectivity index (χ0n) is 14.8. The Morgan fingerprint density at radius 2 is 1.59 bits per heavy atom. The molecule has 0 fully saturated rings. The number of ketones is 1. The van der Waals surface area contributed by atoms with Crippen LogP contribution >= 0.6 is 27.5 Å². The van der Waals surface area contributed by atoms with Gasteiger partial charge in [-0.2, -0.15) is 0 Å². The average Bonchev–Trinajstić information content (AvgIpc) is 2.66. The first kappa shape index (κ1) is 21.1. The third kappa shape index (κ3) is 6.19. The van der Waals surface area contributed by atoms with Gasteiger partial charge in [0.15, 0.2) is 11.8 Å². The Bertz CT molecular complexity index is 807. The number of nitrogens with one attached hydrogen (secondary N) is 2. The lowest BCUT2D eigenvalue weighted by Gasteiger charge is -2.18. The quantitative estimate of drug-likeness (QED) is 0.362. The van der Waals surface area contributed by atoms with E-state index < -0.39 is 23.6 Å². The summed E-state index contributed by atoms with van der Waals surface area (Å²) in [5.41, 5.74) is 0.652. The second-order valence-corrected chi connectivity index (χ2v) is 7.28. The minimum absolute atomic E-state index is 0.297. The molecule has 7 heteroatoms. The van der Waals surface area contributed by atoms with Gasteiger partial charge in [0.05, 0.1) is 0 Å². The van der Waals surface area contributed by atoms with Gasteiger partial charge in [-0.15, -0.1) is 0 Å². The number of Topliss-reactive ketones (excluding diaryl/α,β-unsaturated/α-hetero) is 1. The highest BCUT2D eigenvalue weighted by atomic mass is 79.9. The predicted molar refractivity (Wildman–Crippen MR) is 109 cm³/mol. The number of hydrogen-bond donors (Lipinski definition) is 2. The minimum atomic E-state index is -1.32. The van der Waals surface area contributed by atoms with Crippen LogP contribution in [0.2, 0.25) is 5.02 Å². The molecule has 0 saturated heterocycles. The molecule has 1 unspecified atom stereocenters. The molecule has 0 saturated carbocycles. The van der Waals surface area contributed by atoms with E-state index in [1.54, 1.807) is 36.4 Å². The summed E-state index contributed by atoms with van der Waals surface area (Å²) in [6.07, 6.45) is 1.69. The molecule has 27 heavy (non-hydrogen) atoms. The van der Waals surface area contributed by atoms with Gasteiger partial charge >= 0.3 is 0 Å². The van der Waals surface area contributed by atoms with Crippen molar-refractivity contribution in [1.82, 2.24) is 10.6 Å². The number of amides is 2. The van der Waals surface area contributed by atoms with Crippen LogP contribution in [0.25, 0.3) is 0 Å². The number of carbonyl (C=O) groups excluding carboxylic acids is 3. The Balaban J connectivity index is 2.21. The van der Waals surface area contributed by atoms with E-state index >= 15 is 0 Å². The fourth-order valence-corrected chi connectivity index (χ4v) is 2.73. The highest BCUT2D eigenvalue weighted by Gasteiger charge is 2.29. The van der Waals surface area contributed by atoms with Gasteiger partial charge in [-0.05, 0) is 55.0 Å². The highest BCUT2D eigenvalue weighted by molar-refractivity contribution is 9.10. The number of carbonyl (C=O) groups is 3. The van der Waals surface area contributed by atoms with Crippen molar-refractivity contribution in [1.29, 1.82) is 0 Å². The number of hydrogen-bond acceptors (Lipinski definition) is 3. The molecule has 0 bridgehead atoms. The Kier molecular flexibility index (Phi) is 8.00. The molecule has 0 aliphatic carbocycles. The normalized spacial score (nSPS) is 11.5. The lowest BCUT2D eigenvalue weighted by molar-refractivity contribution is -0.121. The molecule has 2 rings (SSSR count). The Morgan fingerprint density at radius 1 is 1.00 bits per heavy atom. The van der Waals surface area contributed by atoms with Crippen LogP contribution in [-0.2, 0) is 4.79 Å². The lowest BCUT2D eigenvalue weighted by atomic mass is 10.0. The van der Waals surface area contributed by atoms with Gasteiger partial charge in [0.1, 0.15) is 0 Å². The van der Waals surface area contributed by atoms with E-state index in [0.29, 0.717) is 22.7 Å². The summed E-state index contributed by atoms with van der Waals surface area (Å²) < 4.78 is 0.824. The van der Waals surface area contributed by atoms with Gasteiger partial charge in [-0.25, -0.2) is 0 Å². The topological polar surface area (TPSA) is 75.3 Å². The van der Waals surface area contributed by atoms with E-state index in [0.717, 1.165) is 17.3 Å². The molecule has 2 N–H and O–H groups in total. The van der Waals surface area contributed by atoms with Crippen molar-refractivity contribution < 1.29 is 14.4 Å². The standard InChI is InChI=1S/C20H20BrClN2O3/c1-2-3-12-23-20(27)17(18(25)13-6-10-16(22)11-7-13)24-19(26)14-4-8-15(21)9-5-14/h4-11,17H,2-3,12H2,1H3,(H,23,27)(H,24,26). The van der Waals surface area contributed by atoms with Crippen molar-refractivity contribution in [3.8, 4) is 0 Å². The smallest absolute Gasteiger partial charge is 0.252 e. The second-order valence-electron chi connectivity index (χ2n) is 5.93. The number of rotatable bonds is 8.